The van der Waals surface area contributed by atoms with Crippen molar-refractivity contribution in [3.8, 4) is 0 Å². The third kappa shape index (κ3) is 30.8. The predicted molar refractivity (Wildman–Crippen MR) is 137 cm³/mol. The maximum atomic E-state index is 2.30. The molecule has 0 unspecified atom stereocenters. The Labute approximate surface area is 197 Å². The van der Waals surface area contributed by atoms with E-state index in [4.69, 9.17) is 0 Å². The molecule has 0 saturated heterocycles. The van der Waals surface area contributed by atoms with Crippen LogP contribution in [0.5, 0.6) is 0 Å². The molecule has 0 aromatic carbocycles. The zero-order valence-corrected chi connectivity index (χ0v) is 22.1. The molecule has 29 heavy (non-hydrogen) atoms. The quantitative estimate of drug-likeness (QED) is 0.101. The van der Waals surface area contributed by atoms with Gasteiger partial charge in [0.05, 0.1) is 0 Å². The fraction of sp³-hybridized carbons (Fsp3) is 1.00. The number of hydrogen-bond donors (Lipinski definition) is 0. The van der Waals surface area contributed by atoms with Crippen molar-refractivity contribution in [1.82, 2.24) is 0 Å². The summed E-state index contributed by atoms with van der Waals surface area (Å²) < 4.78 is 0. The van der Waals surface area contributed by atoms with Gasteiger partial charge in [0.1, 0.15) is 0 Å². The molecule has 0 nitrogen and oxygen atoms in total. The lowest BCUT2D eigenvalue weighted by Gasteiger charge is -2.04. The first-order valence-corrected chi connectivity index (χ1v) is 13.9. The van der Waals surface area contributed by atoms with Gasteiger partial charge < -0.3 is 0 Å². The molecule has 0 amide bonds. The van der Waals surface area contributed by atoms with Crippen LogP contribution in [0.2, 0.25) is 0 Å². The van der Waals surface area contributed by atoms with Crippen molar-refractivity contribution in [2.24, 2.45) is 0 Å². The van der Waals surface area contributed by atoms with E-state index in [1.165, 1.54) is 167 Å². The molecule has 0 aliphatic rings. The molecule has 0 aliphatic carbocycles. The average Bonchev–Trinajstić information content (AvgIpc) is 2.71. The molecule has 0 bridgehead atoms. The summed E-state index contributed by atoms with van der Waals surface area (Å²) >= 11 is 0. The van der Waals surface area contributed by atoms with E-state index >= 15 is 0 Å². The van der Waals surface area contributed by atoms with Crippen molar-refractivity contribution in [1.29, 1.82) is 0 Å². The van der Waals surface area contributed by atoms with E-state index in [9.17, 15) is 0 Å². The van der Waals surface area contributed by atoms with E-state index in [1.54, 1.807) is 0 Å². The molecular formula is C28H58Al. The molecular weight excluding hydrogens is 363 g/mol. The van der Waals surface area contributed by atoms with Crippen LogP contribution in [0.3, 0.4) is 0 Å². The molecule has 0 heterocycles. The number of unbranched alkanes of at least 4 members (excludes halogenated alkanes) is 25. The molecule has 3 radical (unpaired) electrons. The average molecular weight is 422 g/mol. The van der Waals surface area contributed by atoms with Crippen molar-refractivity contribution < 1.29 is 0 Å². The van der Waals surface area contributed by atoms with Gasteiger partial charge in [0, 0.05) is 17.4 Å². The molecule has 0 spiro atoms. The third-order valence-corrected chi connectivity index (χ3v) is 6.46. The molecule has 0 saturated carbocycles. The lowest BCUT2D eigenvalue weighted by molar-refractivity contribution is 0.516. The highest BCUT2D eigenvalue weighted by Crippen LogP contribution is 2.15. The summed E-state index contributed by atoms with van der Waals surface area (Å²) in [6.07, 6.45) is 38.4. The molecule has 173 valence electrons. The van der Waals surface area contributed by atoms with Crippen molar-refractivity contribution >= 4 is 17.4 Å². The summed E-state index contributed by atoms with van der Waals surface area (Å²) in [7, 11) is 0. The molecule has 1 heteroatoms. The first-order valence-electron chi connectivity index (χ1n) is 13.9. The standard InChI is InChI=1S/C28H58.Al/c1-3-5-7-9-11-13-15-17-19-21-23-25-27-28-26-24-22-20-18-16-14-12-10-8-6-4-2;/h3-28H2,1-2H3;. The monoisotopic (exact) mass is 421 g/mol. The Kier molecular flexibility index (Phi) is 33.6. The predicted octanol–water partition coefficient (Wildman–Crippen LogP) is 10.8. The van der Waals surface area contributed by atoms with Crippen molar-refractivity contribution in [3.63, 3.8) is 0 Å². The van der Waals surface area contributed by atoms with E-state index in [-0.39, 0.29) is 17.4 Å². The van der Waals surface area contributed by atoms with Crippen LogP contribution in [0.25, 0.3) is 0 Å². The van der Waals surface area contributed by atoms with E-state index in [0.29, 0.717) is 0 Å². The molecule has 0 rings (SSSR count). The smallest absolute Gasteiger partial charge is 0 e. The van der Waals surface area contributed by atoms with Gasteiger partial charge in [0.15, 0.2) is 0 Å². The Morgan fingerprint density at radius 1 is 0.207 bits per heavy atom. The van der Waals surface area contributed by atoms with Crippen LogP contribution < -0.4 is 0 Å². The van der Waals surface area contributed by atoms with E-state index in [2.05, 4.69) is 13.8 Å². The highest BCUT2D eigenvalue weighted by atomic mass is 27.0. The normalized spacial score (nSPS) is 11.0. The minimum atomic E-state index is 0. The van der Waals surface area contributed by atoms with Crippen LogP contribution >= 0.6 is 0 Å². The van der Waals surface area contributed by atoms with Gasteiger partial charge in [-0.3, -0.25) is 0 Å². The number of rotatable bonds is 25. The van der Waals surface area contributed by atoms with Gasteiger partial charge in [-0.05, 0) is 0 Å². The van der Waals surface area contributed by atoms with Crippen LogP contribution in [0.4, 0.5) is 0 Å². The second-order valence-corrected chi connectivity index (χ2v) is 9.49. The second-order valence-electron chi connectivity index (χ2n) is 9.49. The van der Waals surface area contributed by atoms with E-state index < -0.39 is 0 Å². The van der Waals surface area contributed by atoms with Gasteiger partial charge in [-0.25, -0.2) is 0 Å². The Hall–Kier alpha value is 0.532. The minimum Gasteiger partial charge on any atom is -0.0654 e. The summed E-state index contributed by atoms with van der Waals surface area (Å²) in [6, 6.07) is 0. The van der Waals surface area contributed by atoms with Crippen molar-refractivity contribution in [2.75, 3.05) is 0 Å². The fourth-order valence-electron chi connectivity index (χ4n) is 4.39. The van der Waals surface area contributed by atoms with Crippen LogP contribution in [-0.4, -0.2) is 17.4 Å². The molecule has 0 atom stereocenters. The second kappa shape index (κ2) is 30.7. The lowest BCUT2D eigenvalue weighted by Crippen LogP contribution is -1.84. The van der Waals surface area contributed by atoms with E-state index in [1.807, 2.05) is 0 Å². The van der Waals surface area contributed by atoms with Gasteiger partial charge >= 0.3 is 0 Å². The zero-order valence-electron chi connectivity index (χ0n) is 21.0. The Morgan fingerprint density at radius 2 is 0.310 bits per heavy atom. The summed E-state index contributed by atoms with van der Waals surface area (Å²) in [5.74, 6) is 0. The first kappa shape index (κ1) is 31.7. The van der Waals surface area contributed by atoms with Gasteiger partial charge in [0.2, 0.25) is 0 Å². The van der Waals surface area contributed by atoms with Gasteiger partial charge in [-0.2, -0.15) is 0 Å². The molecule has 0 aromatic heterocycles. The summed E-state index contributed by atoms with van der Waals surface area (Å²) in [5, 5.41) is 0. The summed E-state index contributed by atoms with van der Waals surface area (Å²) in [4.78, 5) is 0. The van der Waals surface area contributed by atoms with Gasteiger partial charge in [-0.15, -0.1) is 0 Å². The molecule has 0 aliphatic heterocycles. The SMILES string of the molecule is CCCCCCCCCCCCCCCCCCCCCCCCCCCC.[Al]. The van der Waals surface area contributed by atoms with Crippen LogP contribution in [0, 0.1) is 0 Å². The lowest BCUT2D eigenvalue weighted by atomic mass is 10.0. The maximum absolute atomic E-state index is 2.30. The van der Waals surface area contributed by atoms with Crippen molar-refractivity contribution in [3.05, 3.63) is 0 Å². The largest absolute Gasteiger partial charge is 0.0654 e. The van der Waals surface area contributed by atoms with Gasteiger partial charge in [-0.1, -0.05) is 181 Å². The highest BCUT2D eigenvalue weighted by molar-refractivity contribution is 5.75. The van der Waals surface area contributed by atoms with Crippen LogP contribution in [0.15, 0.2) is 0 Å². The maximum Gasteiger partial charge on any atom is 0 e. The summed E-state index contributed by atoms with van der Waals surface area (Å²) in [5.41, 5.74) is 0. The summed E-state index contributed by atoms with van der Waals surface area (Å²) in [6.45, 7) is 4.61. The molecule has 0 fully saturated rings. The Balaban J connectivity index is 0. The minimum absolute atomic E-state index is 0. The third-order valence-electron chi connectivity index (χ3n) is 6.46. The molecule has 0 aromatic rings. The zero-order chi connectivity index (χ0) is 20.4. The van der Waals surface area contributed by atoms with Gasteiger partial charge in [0.25, 0.3) is 0 Å². The fourth-order valence-corrected chi connectivity index (χ4v) is 4.39. The van der Waals surface area contributed by atoms with Crippen LogP contribution in [0.1, 0.15) is 181 Å². The topological polar surface area (TPSA) is 0 Å². The Bertz CT molecular complexity index is 225. The van der Waals surface area contributed by atoms with Crippen LogP contribution in [-0.2, 0) is 0 Å². The first-order chi connectivity index (χ1) is 13.9. The highest BCUT2D eigenvalue weighted by Gasteiger charge is 1.96. The van der Waals surface area contributed by atoms with Crippen molar-refractivity contribution in [2.45, 2.75) is 181 Å². The molecule has 0 N–H and O–H groups in total. The number of hydrogen-bond acceptors (Lipinski definition) is 0. The Morgan fingerprint density at radius 3 is 0.414 bits per heavy atom. The van der Waals surface area contributed by atoms with E-state index in [0.717, 1.165) is 0 Å².